The van der Waals surface area contributed by atoms with Gasteiger partial charge in [0.25, 0.3) is 0 Å². The highest BCUT2D eigenvalue weighted by Gasteiger charge is 2.11. The van der Waals surface area contributed by atoms with Crippen molar-refractivity contribution < 1.29 is 28.6 Å². The van der Waals surface area contributed by atoms with Crippen molar-refractivity contribution in [2.24, 2.45) is 0 Å². The van der Waals surface area contributed by atoms with Gasteiger partial charge in [0.1, 0.15) is 6.61 Å². The molecule has 0 aliphatic rings. The smallest absolute Gasteiger partial charge is 0.409 e. The number of carbonyl (C=O) groups excluding carboxylic acids is 3. The van der Waals surface area contributed by atoms with Gasteiger partial charge in [-0.25, -0.2) is 14.4 Å². The first kappa shape index (κ1) is 16.9. The van der Waals surface area contributed by atoms with Gasteiger partial charge in [0.2, 0.25) is 0 Å². The molecule has 0 bridgehead atoms. The van der Waals surface area contributed by atoms with Crippen molar-refractivity contribution in [2.45, 2.75) is 20.0 Å². The zero-order valence-electron chi connectivity index (χ0n) is 11.5. The van der Waals surface area contributed by atoms with Crippen molar-refractivity contribution in [3.63, 3.8) is 0 Å². The van der Waals surface area contributed by atoms with E-state index in [9.17, 15) is 14.4 Å². The van der Waals surface area contributed by atoms with Crippen LogP contribution in [0, 0.1) is 0 Å². The maximum absolute atomic E-state index is 11.4. The molecule has 19 heavy (non-hydrogen) atoms. The molecule has 0 unspecified atom stereocenters. The summed E-state index contributed by atoms with van der Waals surface area (Å²) in [4.78, 5) is 34.5. The zero-order chi connectivity index (χ0) is 14.8. The summed E-state index contributed by atoms with van der Waals surface area (Å²) in [5.41, 5.74) is 0. The highest BCUT2D eigenvalue weighted by molar-refractivity contribution is 5.91. The molecular weight excluding hydrogens is 254 g/mol. The van der Waals surface area contributed by atoms with Crippen LogP contribution in [0.25, 0.3) is 0 Å². The normalized spacial score (nSPS) is 10.4. The molecular formula is C12H19NO6. The van der Waals surface area contributed by atoms with Gasteiger partial charge in [0.05, 0.1) is 19.8 Å². The average Bonchev–Trinajstić information content (AvgIpc) is 2.34. The fourth-order valence-electron chi connectivity index (χ4n) is 0.918. The van der Waals surface area contributed by atoms with Crippen LogP contribution in [0.3, 0.4) is 0 Å². The van der Waals surface area contributed by atoms with Gasteiger partial charge in [-0.3, -0.25) is 0 Å². The molecule has 0 N–H and O–H groups in total. The Hall–Kier alpha value is -2.05. The van der Waals surface area contributed by atoms with Crippen LogP contribution >= 0.6 is 0 Å². The Kier molecular flexibility index (Phi) is 7.99. The van der Waals surface area contributed by atoms with E-state index in [1.807, 2.05) is 0 Å². The monoisotopic (exact) mass is 273 g/mol. The molecule has 0 aromatic heterocycles. The Morgan fingerprint density at radius 3 is 2.26 bits per heavy atom. The van der Waals surface area contributed by atoms with E-state index in [1.54, 1.807) is 13.8 Å². The summed E-state index contributed by atoms with van der Waals surface area (Å²) in [5.74, 6) is -1.33. The van der Waals surface area contributed by atoms with Crippen molar-refractivity contribution in [1.82, 2.24) is 4.90 Å². The Morgan fingerprint density at radius 1 is 1.16 bits per heavy atom. The lowest BCUT2D eigenvalue weighted by Crippen LogP contribution is -2.32. The summed E-state index contributed by atoms with van der Waals surface area (Å²) in [7, 11) is 2.73. The van der Waals surface area contributed by atoms with Gasteiger partial charge in [-0.1, -0.05) is 0 Å². The molecule has 0 saturated carbocycles. The van der Waals surface area contributed by atoms with Crippen molar-refractivity contribution in [3.8, 4) is 0 Å². The minimum atomic E-state index is -0.684. The Bertz CT molecular complexity index is 350. The van der Waals surface area contributed by atoms with E-state index >= 15 is 0 Å². The SMILES string of the molecule is COC(=O)/C=C/C(=O)OCCN(C)C(=O)OC(C)C. The minimum absolute atomic E-state index is 0.00798. The number of hydrogen-bond donors (Lipinski definition) is 0. The van der Waals surface area contributed by atoms with Crippen molar-refractivity contribution in [3.05, 3.63) is 12.2 Å². The molecule has 0 saturated heterocycles. The van der Waals surface area contributed by atoms with E-state index < -0.39 is 18.0 Å². The third kappa shape index (κ3) is 8.64. The first-order valence-electron chi connectivity index (χ1n) is 5.71. The van der Waals surface area contributed by atoms with Crippen LogP contribution < -0.4 is 0 Å². The number of esters is 2. The van der Waals surface area contributed by atoms with E-state index in [1.165, 1.54) is 19.1 Å². The molecule has 7 nitrogen and oxygen atoms in total. The molecule has 0 fully saturated rings. The first-order chi connectivity index (χ1) is 8.86. The molecule has 0 aromatic carbocycles. The molecule has 1 amide bonds. The van der Waals surface area contributed by atoms with Gasteiger partial charge in [0, 0.05) is 19.2 Å². The maximum atomic E-state index is 11.4. The highest BCUT2D eigenvalue weighted by atomic mass is 16.6. The van der Waals surface area contributed by atoms with Crippen LogP contribution in [0.2, 0.25) is 0 Å². The Labute approximate surface area is 112 Å². The van der Waals surface area contributed by atoms with Crippen LogP contribution in [-0.4, -0.2) is 56.3 Å². The van der Waals surface area contributed by atoms with Gasteiger partial charge in [0.15, 0.2) is 0 Å². The number of amides is 1. The fourth-order valence-corrected chi connectivity index (χ4v) is 0.918. The van der Waals surface area contributed by atoms with E-state index in [0.717, 1.165) is 12.2 Å². The van der Waals surface area contributed by atoms with Gasteiger partial charge >= 0.3 is 18.0 Å². The van der Waals surface area contributed by atoms with Crippen molar-refractivity contribution in [2.75, 3.05) is 27.3 Å². The number of likely N-dealkylation sites (N-methyl/N-ethyl adjacent to an activating group) is 1. The molecule has 0 atom stereocenters. The maximum Gasteiger partial charge on any atom is 0.409 e. The second-order valence-electron chi connectivity index (χ2n) is 3.88. The van der Waals surface area contributed by atoms with E-state index in [4.69, 9.17) is 9.47 Å². The predicted octanol–water partition coefficient (Wildman–Crippen LogP) is 0.736. The average molecular weight is 273 g/mol. The van der Waals surface area contributed by atoms with Crippen LogP contribution in [0.4, 0.5) is 4.79 Å². The van der Waals surface area contributed by atoms with E-state index in [0.29, 0.717) is 0 Å². The molecule has 0 aromatic rings. The largest absolute Gasteiger partial charge is 0.466 e. The van der Waals surface area contributed by atoms with E-state index in [2.05, 4.69) is 4.74 Å². The van der Waals surface area contributed by atoms with Gasteiger partial charge in [-0.05, 0) is 13.8 Å². The number of nitrogens with zero attached hydrogens (tertiary/aromatic N) is 1. The van der Waals surface area contributed by atoms with Crippen LogP contribution in [0.15, 0.2) is 12.2 Å². The minimum Gasteiger partial charge on any atom is -0.466 e. The lowest BCUT2D eigenvalue weighted by atomic mass is 10.5. The molecule has 0 aliphatic heterocycles. The molecule has 0 aliphatic carbocycles. The summed E-state index contributed by atoms with van der Waals surface area (Å²) in [6.45, 7) is 3.68. The van der Waals surface area contributed by atoms with Gasteiger partial charge in [-0.15, -0.1) is 0 Å². The number of hydrogen-bond acceptors (Lipinski definition) is 6. The number of methoxy groups -OCH3 is 1. The Morgan fingerprint density at radius 2 is 1.74 bits per heavy atom. The molecule has 7 heteroatoms. The summed E-state index contributed by atoms with van der Waals surface area (Å²) in [5, 5.41) is 0. The predicted molar refractivity (Wildman–Crippen MR) is 66.4 cm³/mol. The molecule has 108 valence electrons. The molecule has 0 spiro atoms. The standard InChI is InChI=1S/C12H19NO6/c1-9(2)19-12(16)13(3)7-8-18-11(15)6-5-10(14)17-4/h5-6,9H,7-8H2,1-4H3/b6-5+. The zero-order valence-corrected chi connectivity index (χ0v) is 11.5. The number of ether oxygens (including phenoxy) is 3. The summed E-state index contributed by atoms with van der Waals surface area (Å²) >= 11 is 0. The number of carbonyl (C=O) groups is 3. The third-order valence-electron chi connectivity index (χ3n) is 1.88. The van der Waals surface area contributed by atoms with Crippen LogP contribution in [-0.2, 0) is 23.8 Å². The second kappa shape index (κ2) is 8.96. The quantitative estimate of drug-likeness (QED) is 0.403. The van der Waals surface area contributed by atoms with Crippen LogP contribution in [0.1, 0.15) is 13.8 Å². The highest BCUT2D eigenvalue weighted by Crippen LogP contribution is 1.95. The molecule has 0 heterocycles. The lowest BCUT2D eigenvalue weighted by Gasteiger charge is -2.18. The number of rotatable bonds is 6. The summed E-state index contributed by atoms with van der Waals surface area (Å²) < 4.78 is 14.0. The Balaban J connectivity index is 3.90. The second-order valence-corrected chi connectivity index (χ2v) is 3.88. The summed E-state index contributed by atoms with van der Waals surface area (Å²) in [6, 6.07) is 0. The summed E-state index contributed by atoms with van der Waals surface area (Å²) in [6.07, 6.45) is 1.22. The van der Waals surface area contributed by atoms with E-state index in [-0.39, 0.29) is 19.3 Å². The molecule has 0 rings (SSSR count). The fraction of sp³-hybridized carbons (Fsp3) is 0.583. The third-order valence-corrected chi connectivity index (χ3v) is 1.88. The van der Waals surface area contributed by atoms with Crippen LogP contribution in [0.5, 0.6) is 0 Å². The topological polar surface area (TPSA) is 82.1 Å². The lowest BCUT2D eigenvalue weighted by molar-refractivity contribution is -0.139. The molecule has 0 radical (unpaired) electrons. The van der Waals surface area contributed by atoms with Gasteiger partial charge < -0.3 is 19.1 Å². The van der Waals surface area contributed by atoms with Crippen molar-refractivity contribution >= 4 is 18.0 Å². The van der Waals surface area contributed by atoms with Gasteiger partial charge in [-0.2, -0.15) is 0 Å². The first-order valence-corrected chi connectivity index (χ1v) is 5.71. The van der Waals surface area contributed by atoms with Crippen molar-refractivity contribution in [1.29, 1.82) is 0 Å².